The Kier molecular flexibility index (Phi) is 5.34. The van der Waals surface area contributed by atoms with Crippen LogP contribution < -0.4 is 0 Å². The van der Waals surface area contributed by atoms with Crippen LogP contribution in [0.1, 0.15) is 86.5 Å². The number of hydrogen-bond acceptors (Lipinski definition) is 4. The Labute approximate surface area is 187 Å². The van der Waals surface area contributed by atoms with Crippen molar-refractivity contribution in [2.24, 2.45) is 45.3 Å². The Morgan fingerprint density at radius 1 is 1.00 bits per heavy atom. The SMILES string of the molecule is CC(=O)OC1C[C@@H]2[C@@]3(C)CCCC(C)(C)[C@@H]3CC[C@@]2(C)[C@@H]2CC=C(C=O)[C@H](C=O)[C@@]12C. The maximum atomic E-state index is 12.3. The fourth-order valence-corrected chi connectivity index (χ4v) is 9.45. The van der Waals surface area contributed by atoms with E-state index in [4.69, 9.17) is 4.74 Å². The normalized spacial score (nSPS) is 48.3. The van der Waals surface area contributed by atoms with E-state index in [1.807, 2.05) is 6.08 Å². The number of allylic oxidation sites excluding steroid dienone is 2. The van der Waals surface area contributed by atoms with Crippen LogP contribution in [-0.4, -0.2) is 24.6 Å². The van der Waals surface area contributed by atoms with E-state index in [9.17, 15) is 14.4 Å². The Balaban J connectivity index is 1.85. The van der Waals surface area contributed by atoms with Crippen LogP contribution in [0, 0.1) is 45.3 Å². The van der Waals surface area contributed by atoms with E-state index >= 15 is 0 Å². The molecule has 4 aliphatic rings. The molecule has 0 heterocycles. The highest BCUT2D eigenvalue weighted by molar-refractivity contribution is 5.82. The summed E-state index contributed by atoms with van der Waals surface area (Å²) in [5.74, 6) is 0.519. The van der Waals surface area contributed by atoms with Gasteiger partial charge in [0.05, 0.1) is 5.92 Å². The molecular formula is C27H40O4. The molecule has 1 unspecified atom stereocenters. The highest BCUT2D eigenvalue weighted by atomic mass is 16.5. The molecule has 0 aliphatic heterocycles. The maximum absolute atomic E-state index is 12.3. The zero-order chi connectivity index (χ0) is 22.8. The Hall–Kier alpha value is -1.45. The van der Waals surface area contributed by atoms with Gasteiger partial charge in [-0.2, -0.15) is 0 Å². The minimum absolute atomic E-state index is 0.0657. The minimum Gasteiger partial charge on any atom is -0.462 e. The molecule has 4 heteroatoms. The highest BCUT2D eigenvalue weighted by Gasteiger charge is 2.68. The summed E-state index contributed by atoms with van der Waals surface area (Å²) in [7, 11) is 0. The van der Waals surface area contributed by atoms with Gasteiger partial charge in [0.1, 0.15) is 18.7 Å². The van der Waals surface area contributed by atoms with Crippen molar-refractivity contribution in [1.29, 1.82) is 0 Å². The standard InChI is InChI=1S/C27H40O4/c1-17(30)31-23-14-22-25(4)12-7-11-24(2,3)20(25)10-13-26(22,5)21-9-8-18(15-28)19(16-29)27(21,23)6/h8,15-16,19-23H,7,9-14H2,1-6H3/t19-,20-,21-,22+,23?,25-,26-,27+/m0/s1. The number of ether oxygens (including phenoxy) is 1. The van der Waals surface area contributed by atoms with Gasteiger partial charge in [0.25, 0.3) is 0 Å². The first kappa shape index (κ1) is 22.7. The number of aldehydes is 2. The van der Waals surface area contributed by atoms with E-state index in [2.05, 4.69) is 34.6 Å². The van der Waals surface area contributed by atoms with Crippen molar-refractivity contribution < 1.29 is 19.1 Å². The van der Waals surface area contributed by atoms with Crippen LogP contribution in [0.5, 0.6) is 0 Å². The number of carbonyl (C=O) groups excluding carboxylic acids is 3. The Bertz CT molecular complexity index is 812. The molecule has 0 N–H and O–H groups in total. The maximum Gasteiger partial charge on any atom is 0.302 e. The van der Waals surface area contributed by atoms with E-state index in [0.717, 1.165) is 31.8 Å². The zero-order valence-corrected chi connectivity index (χ0v) is 20.2. The summed E-state index contributed by atoms with van der Waals surface area (Å²) in [6.07, 6.45) is 11.1. The minimum atomic E-state index is -0.545. The molecule has 0 spiro atoms. The van der Waals surface area contributed by atoms with Gasteiger partial charge in [-0.15, -0.1) is 0 Å². The number of rotatable bonds is 3. The van der Waals surface area contributed by atoms with Gasteiger partial charge in [-0.05, 0) is 78.1 Å². The first-order valence-electron chi connectivity index (χ1n) is 12.2. The summed E-state index contributed by atoms with van der Waals surface area (Å²) in [6.45, 7) is 13.4. The predicted octanol–water partition coefficient (Wildman–Crippen LogP) is 5.54. The Morgan fingerprint density at radius 2 is 1.68 bits per heavy atom. The molecular weight excluding hydrogens is 388 g/mol. The van der Waals surface area contributed by atoms with Crippen molar-refractivity contribution in [3.63, 3.8) is 0 Å². The number of fused-ring (bicyclic) bond motifs is 5. The predicted molar refractivity (Wildman–Crippen MR) is 120 cm³/mol. The van der Waals surface area contributed by atoms with Gasteiger partial charge >= 0.3 is 5.97 Å². The summed E-state index contributed by atoms with van der Waals surface area (Å²) in [6, 6.07) is 0. The van der Waals surface area contributed by atoms with Crippen LogP contribution in [0.4, 0.5) is 0 Å². The molecule has 4 aliphatic carbocycles. The number of esters is 1. The van der Waals surface area contributed by atoms with Gasteiger partial charge in [0.2, 0.25) is 0 Å². The largest absolute Gasteiger partial charge is 0.462 e. The van der Waals surface area contributed by atoms with Gasteiger partial charge in [-0.3, -0.25) is 9.59 Å². The molecule has 0 radical (unpaired) electrons. The lowest BCUT2D eigenvalue weighted by Crippen LogP contribution is -2.67. The molecule has 31 heavy (non-hydrogen) atoms. The molecule has 4 nitrogen and oxygen atoms in total. The average molecular weight is 429 g/mol. The summed E-state index contributed by atoms with van der Waals surface area (Å²) in [5, 5.41) is 0. The molecule has 0 bridgehead atoms. The van der Waals surface area contributed by atoms with Crippen LogP contribution in [-0.2, 0) is 19.1 Å². The van der Waals surface area contributed by atoms with Crippen LogP contribution in [0.3, 0.4) is 0 Å². The second-order valence-corrected chi connectivity index (χ2v) is 12.4. The topological polar surface area (TPSA) is 60.4 Å². The fraction of sp³-hybridized carbons (Fsp3) is 0.815. The lowest BCUT2D eigenvalue weighted by molar-refractivity contribution is -0.238. The van der Waals surface area contributed by atoms with Gasteiger partial charge in [-0.1, -0.05) is 47.1 Å². The highest BCUT2D eigenvalue weighted by Crippen LogP contribution is 2.73. The van der Waals surface area contributed by atoms with Crippen LogP contribution in [0.15, 0.2) is 11.6 Å². The summed E-state index contributed by atoms with van der Waals surface area (Å²) >= 11 is 0. The second kappa shape index (κ2) is 7.28. The first-order chi connectivity index (χ1) is 14.4. The zero-order valence-electron chi connectivity index (χ0n) is 20.2. The number of hydrogen-bond donors (Lipinski definition) is 0. The number of carbonyl (C=O) groups is 3. The van der Waals surface area contributed by atoms with Crippen molar-refractivity contribution >= 4 is 18.5 Å². The summed E-state index contributed by atoms with van der Waals surface area (Å²) < 4.78 is 6.02. The molecule has 3 saturated carbocycles. The molecule has 8 atom stereocenters. The van der Waals surface area contributed by atoms with Gasteiger partial charge in [0, 0.05) is 12.3 Å². The third-order valence-corrected chi connectivity index (χ3v) is 10.7. The van der Waals surface area contributed by atoms with Crippen LogP contribution in [0.2, 0.25) is 0 Å². The molecule has 4 rings (SSSR count). The van der Waals surface area contributed by atoms with Gasteiger partial charge < -0.3 is 9.53 Å². The van der Waals surface area contributed by atoms with Crippen molar-refractivity contribution in [2.45, 2.75) is 92.6 Å². The molecule has 0 aromatic heterocycles. The summed E-state index contributed by atoms with van der Waals surface area (Å²) in [5.41, 5.74) is 0.619. The van der Waals surface area contributed by atoms with Crippen molar-refractivity contribution in [1.82, 2.24) is 0 Å². The van der Waals surface area contributed by atoms with Gasteiger partial charge in [0.15, 0.2) is 0 Å². The fourth-order valence-electron chi connectivity index (χ4n) is 9.45. The molecule has 3 fully saturated rings. The monoisotopic (exact) mass is 428 g/mol. The van der Waals surface area contributed by atoms with E-state index in [0.29, 0.717) is 22.8 Å². The quantitative estimate of drug-likeness (QED) is 0.437. The molecule has 172 valence electrons. The van der Waals surface area contributed by atoms with E-state index in [1.54, 1.807) is 0 Å². The van der Waals surface area contributed by atoms with E-state index in [1.165, 1.54) is 32.6 Å². The second-order valence-electron chi connectivity index (χ2n) is 12.4. The Morgan fingerprint density at radius 3 is 2.29 bits per heavy atom. The molecule has 0 aromatic rings. The summed E-state index contributed by atoms with van der Waals surface area (Å²) in [4.78, 5) is 36.3. The third-order valence-electron chi connectivity index (χ3n) is 10.7. The first-order valence-corrected chi connectivity index (χ1v) is 12.2. The lowest BCUT2D eigenvalue weighted by atomic mass is 9.35. The van der Waals surface area contributed by atoms with E-state index in [-0.39, 0.29) is 28.8 Å². The molecule has 0 aromatic carbocycles. The van der Waals surface area contributed by atoms with Crippen molar-refractivity contribution in [3.8, 4) is 0 Å². The van der Waals surface area contributed by atoms with Crippen LogP contribution >= 0.6 is 0 Å². The molecule has 0 amide bonds. The van der Waals surface area contributed by atoms with Crippen molar-refractivity contribution in [2.75, 3.05) is 0 Å². The third kappa shape index (κ3) is 3.03. The van der Waals surface area contributed by atoms with E-state index < -0.39 is 11.3 Å². The van der Waals surface area contributed by atoms with Gasteiger partial charge in [-0.25, -0.2) is 0 Å². The smallest absolute Gasteiger partial charge is 0.302 e. The van der Waals surface area contributed by atoms with Crippen molar-refractivity contribution in [3.05, 3.63) is 11.6 Å². The molecule has 0 saturated heterocycles. The van der Waals surface area contributed by atoms with Crippen LogP contribution in [0.25, 0.3) is 0 Å². The lowest BCUT2D eigenvalue weighted by Gasteiger charge is -2.70. The average Bonchev–Trinajstić information content (AvgIpc) is 2.67.